The van der Waals surface area contributed by atoms with E-state index in [-0.39, 0.29) is 0 Å². The molecule has 0 unspecified atom stereocenters. The molecule has 2 aromatic rings. The van der Waals surface area contributed by atoms with Crippen molar-refractivity contribution >= 4 is 21.9 Å². The molecule has 6 nitrogen and oxygen atoms in total. The Balaban J connectivity index is 2.06. The molecule has 0 atom stereocenters. The van der Waals surface area contributed by atoms with Crippen LogP contribution in [0.4, 0.5) is 0 Å². The molecule has 2 heterocycles. The van der Waals surface area contributed by atoms with Gasteiger partial charge in [-0.25, -0.2) is 4.99 Å². The van der Waals surface area contributed by atoms with Gasteiger partial charge in [0.1, 0.15) is 12.0 Å². The summed E-state index contributed by atoms with van der Waals surface area (Å²) >= 11 is 3.49. The number of hydrogen-bond acceptors (Lipinski definition) is 3. The Bertz CT molecular complexity index is 591. The molecule has 114 valence electrons. The molecule has 0 amide bonds. The van der Waals surface area contributed by atoms with Crippen molar-refractivity contribution in [3.05, 3.63) is 40.5 Å². The molecular weight excluding hydrogens is 334 g/mol. The normalized spacial score (nSPS) is 11.7. The van der Waals surface area contributed by atoms with Gasteiger partial charge in [0.05, 0.1) is 13.1 Å². The molecule has 0 radical (unpaired) electrons. The van der Waals surface area contributed by atoms with E-state index in [2.05, 4.69) is 53.9 Å². The van der Waals surface area contributed by atoms with Crippen molar-refractivity contribution in [1.29, 1.82) is 0 Å². The summed E-state index contributed by atoms with van der Waals surface area (Å²) < 4.78 is 8.00. The van der Waals surface area contributed by atoms with Gasteiger partial charge in [0.25, 0.3) is 0 Å². The lowest BCUT2D eigenvalue weighted by Crippen LogP contribution is -2.38. The molecule has 0 aliphatic heterocycles. The third kappa shape index (κ3) is 4.35. The molecule has 0 saturated heterocycles. The minimum absolute atomic E-state index is 0.500. The predicted molar refractivity (Wildman–Crippen MR) is 85.9 cm³/mol. The van der Waals surface area contributed by atoms with E-state index in [1.807, 2.05) is 26.4 Å². The third-order valence-electron chi connectivity index (χ3n) is 3.05. The molecule has 0 aliphatic carbocycles. The first kappa shape index (κ1) is 15.6. The summed E-state index contributed by atoms with van der Waals surface area (Å²) in [6, 6.07) is 3.93. The number of nitrogens with one attached hydrogen (secondary N) is 1. The van der Waals surface area contributed by atoms with Crippen LogP contribution in [0.5, 0.6) is 0 Å². The summed E-state index contributed by atoms with van der Waals surface area (Å²) in [5.74, 6) is 0.845. The maximum atomic E-state index is 4.82. The fourth-order valence-corrected chi connectivity index (χ4v) is 2.56. The second kappa shape index (κ2) is 7.31. The maximum absolute atomic E-state index is 4.82. The number of hydrogen-bond donors (Lipinski definition) is 1. The van der Waals surface area contributed by atoms with Gasteiger partial charge >= 0.3 is 0 Å². The van der Waals surface area contributed by atoms with Crippen molar-refractivity contribution in [2.45, 2.75) is 20.0 Å². The molecule has 0 aliphatic rings. The van der Waals surface area contributed by atoms with Gasteiger partial charge in [-0.2, -0.15) is 0 Å². The summed E-state index contributed by atoms with van der Waals surface area (Å²) in [4.78, 5) is 6.67. The highest BCUT2D eigenvalue weighted by Crippen LogP contribution is 2.15. The topological polar surface area (TPSA) is 58.6 Å². The first-order valence-corrected chi connectivity index (χ1v) is 7.59. The van der Waals surface area contributed by atoms with Crippen molar-refractivity contribution in [1.82, 2.24) is 19.9 Å². The van der Waals surface area contributed by atoms with Crippen molar-refractivity contribution < 1.29 is 4.52 Å². The van der Waals surface area contributed by atoms with Gasteiger partial charge in [0.15, 0.2) is 5.96 Å². The van der Waals surface area contributed by atoms with E-state index in [4.69, 9.17) is 4.52 Å². The van der Waals surface area contributed by atoms with E-state index < -0.39 is 0 Å². The Kier molecular flexibility index (Phi) is 5.44. The minimum atomic E-state index is 0.500. The van der Waals surface area contributed by atoms with E-state index in [1.54, 1.807) is 6.26 Å². The highest BCUT2D eigenvalue weighted by atomic mass is 79.9. The average molecular weight is 354 g/mol. The largest absolute Gasteiger partial charge is 0.364 e. The molecule has 0 saturated carbocycles. The monoisotopic (exact) mass is 353 g/mol. The van der Waals surface area contributed by atoms with Crippen molar-refractivity contribution in [2.24, 2.45) is 12.0 Å². The number of aryl methyl sites for hydroxylation is 1. The second-order valence-corrected chi connectivity index (χ2v) is 5.69. The van der Waals surface area contributed by atoms with E-state index in [9.17, 15) is 0 Å². The van der Waals surface area contributed by atoms with Gasteiger partial charge in [0.2, 0.25) is 0 Å². The van der Waals surface area contributed by atoms with Crippen LogP contribution in [-0.2, 0) is 20.1 Å². The van der Waals surface area contributed by atoms with Gasteiger partial charge in [-0.15, -0.1) is 0 Å². The summed E-state index contributed by atoms with van der Waals surface area (Å²) in [7, 11) is 4.05. The highest BCUT2D eigenvalue weighted by molar-refractivity contribution is 9.10. The van der Waals surface area contributed by atoms with Gasteiger partial charge in [-0.3, -0.25) is 0 Å². The maximum Gasteiger partial charge on any atom is 0.194 e. The number of guanidine groups is 1. The van der Waals surface area contributed by atoms with Crippen LogP contribution in [0.1, 0.15) is 18.3 Å². The van der Waals surface area contributed by atoms with Crippen molar-refractivity contribution in [2.75, 3.05) is 13.6 Å². The van der Waals surface area contributed by atoms with E-state index >= 15 is 0 Å². The van der Waals surface area contributed by atoms with Crippen LogP contribution in [0.25, 0.3) is 0 Å². The van der Waals surface area contributed by atoms with Crippen molar-refractivity contribution in [3.63, 3.8) is 0 Å². The highest BCUT2D eigenvalue weighted by Gasteiger charge is 2.09. The SMILES string of the molecule is CCNC(=NCc1ccon1)N(C)Cc1cc(Br)cn1C. The zero-order valence-corrected chi connectivity index (χ0v) is 14.1. The summed E-state index contributed by atoms with van der Waals surface area (Å²) in [6.07, 6.45) is 3.60. The Morgan fingerprint density at radius 3 is 2.95 bits per heavy atom. The molecule has 7 heteroatoms. The molecule has 0 spiro atoms. The molecule has 0 bridgehead atoms. The Hall–Kier alpha value is -1.76. The molecule has 2 aromatic heterocycles. The minimum Gasteiger partial charge on any atom is -0.364 e. The quantitative estimate of drug-likeness (QED) is 0.662. The van der Waals surface area contributed by atoms with Crippen LogP contribution in [0, 0.1) is 0 Å². The number of aliphatic imine (C=N–C) groups is 1. The number of rotatable bonds is 5. The van der Waals surface area contributed by atoms with E-state index in [1.165, 1.54) is 5.69 Å². The van der Waals surface area contributed by atoms with Crippen LogP contribution < -0.4 is 5.32 Å². The fourth-order valence-electron chi connectivity index (χ4n) is 1.99. The van der Waals surface area contributed by atoms with E-state index in [0.29, 0.717) is 6.54 Å². The van der Waals surface area contributed by atoms with Crippen LogP contribution >= 0.6 is 15.9 Å². The van der Waals surface area contributed by atoms with Gasteiger partial charge in [0, 0.05) is 43.1 Å². The first-order valence-electron chi connectivity index (χ1n) is 6.79. The standard InChI is InChI=1S/C14H20BrN5O/c1-4-16-14(17-8-12-5-6-21-18-12)20(3)10-13-7-11(15)9-19(13)2/h5-7,9H,4,8,10H2,1-3H3,(H,16,17). The fraction of sp³-hybridized carbons (Fsp3) is 0.429. The second-order valence-electron chi connectivity index (χ2n) is 4.78. The van der Waals surface area contributed by atoms with Gasteiger partial charge < -0.3 is 19.3 Å². The lowest BCUT2D eigenvalue weighted by molar-refractivity contribution is 0.411. The summed E-state index contributed by atoms with van der Waals surface area (Å²) in [5.41, 5.74) is 2.02. The lowest BCUT2D eigenvalue weighted by atomic mass is 10.4. The number of nitrogens with zero attached hydrogens (tertiary/aromatic N) is 4. The number of halogens is 1. The van der Waals surface area contributed by atoms with Crippen LogP contribution in [0.2, 0.25) is 0 Å². The molecule has 21 heavy (non-hydrogen) atoms. The van der Waals surface area contributed by atoms with Gasteiger partial charge in [-0.1, -0.05) is 5.16 Å². The third-order valence-corrected chi connectivity index (χ3v) is 3.49. The summed E-state index contributed by atoms with van der Waals surface area (Å²) in [6.45, 7) is 4.14. The molecule has 1 N–H and O–H groups in total. The van der Waals surface area contributed by atoms with Crippen molar-refractivity contribution in [3.8, 4) is 0 Å². The molecule has 0 aromatic carbocycles. The molecule has 0 fully saturated rings. The van der Waals surface area contributed by atoms with E-state index in [0.717, 1.165) is 29.2 Å². The molecular formula is C14H20BrN5O. The lowest BCUT2D eigenvalue weighted by Gasteiger charge is -2.22. The van der Waals surface area contributed by atoms with Crippen LogP contribution in [0.15, 0.2) is 38.6 Å². The van der Waals surface area contributed by atoms with Gasteiger partial charge in [-0.05, 0) is 28.9 Å². The zero-order chi connectivity index (χ0) is 15.2. The Labute approximate surface area is 133 Å². The average Bonchev–Trinajstić information content (AvgIpc) is 3.05. The van der Waals surface area contributed by atoms with Crippen LogP contribution in [-0.4, -0.2) is 34.2 Å². The Morgan fingerprint density at radius 2 is 2.38 bits per heavy atom. The molecule has 2 rings (SSSR count). The first-order chi connectivity index (χ1) is 10.1. The smallest absolute Gasteiger partial charge is 0.194 e. The zero-order valence-electron chi connectivity index (χ0n) is 12.5. The predicted octanol–water partition coefficient (Wildman–Crippen LogP) is 2.37. The Morgan fingerprint density at radius 1 is 1.57 bits per heavy atom. The number of aromatic nitrogens is 2. The summed E-state index contributed by atoms with van der Waals surface area (Å²) in [5, 5.41) is 7.16. The van der Waals surface area contributed by atoms with Crippen LogP contribution in [0.3, 0.4) is 0 Å².